The van der Waals surface area contributed by atoms with Gasteiger partial charge in [-0.1, -0.05) is 115 Å². The fourth-order valence-electron chi connectivity index (χ4n) is 7.15. The van der Waals surface area contributed by atoms with Gasteiger partial charge >= 0.3 is 0 Å². The number of allylic oxidation sites excluding steroid dienone is 1. The van der Waals surface area contributed by atoms with Gasteiger partial charge in [0.15, 0.2) is 0 Å². The first-order chi connectivity index (χ1) is 19.9. The minimum absolute atomic E-state index is 1.04. The molecule has 0 radical (unpaired) electrons. The smallest absolute Gasteiger partial charge is 0.0620 e. The maximum atomic E-state index is 2.56. The minimum Gasteiger partial charge on any atom is -0.312 e. The van der Waals surface area contributed by atoms with Crippen molar-refractivity contribution in [2.45, 2.75) is 12.8 Å². The van der Waals surface area contributed by atoms with Crippen LogP contribution in [0.4, 0.5) is 0 Å². The van der Waals surface area contributed by atoms with Crippen molar-refractivity contribution in [3.63, 3.8) is 0 Å². The Morgan fingerprint density at radius 1 is 0.400 bits per heavy atom. The van der Waals surface area contributed by atoms with Gasteiger partial charge in [0.1, 0.15) is 0 Å². The van der Waals surface area contributed by atoms with E-state index >= 15 is 0 Å². The van der Waals surface area contributed by atoms with Crippen LogP contribution in [0.3, 0.4) is 0 Å². The molecule has 40 heavy (non-hydrogen) atoms. The highest BCUT2D eigenvalue weighted by Crippen LogP contribution is 2.44. The fourth-order valence-corrected chi connectivity index (χ4v) is 7.15. The molecule has 2 heteroatoms. The first-order valence-electron chi connectivity index (χ1n) is 14.1. The zero-order valence-electron chi connectivity index (χ0n) is 22.0. The van der Waals surface area contributed by atoms with Crippen LogP contribution in [0.15, 0.2) is 127 Å². The van der Waals surface area contributed by atoms with Crippen molar-refractivity contribution < 1.29 is 0 Å². The van der Waals surface area contributed by atoms with Crippen molar-refractivity contribution in [3.05, 3.63) is 139 Å². The first-order valence-corrected chi connectivity index (χ1v) is 14.1. The Hall–Kier alpha value is -5.08. The van der Waals surface area contributed by atoms with E-state index in [0.29, 0.717) is 0 Å². The number of para-hydroxylation sites is 3. The molecule has 0 bridgehead atoms. The molecule has 0 atom stereocenters. The second-order valence-electron chi connectivity index (χ2n) is 10.8. The van der Waals surface area contributed by atoms with Gasteiger partial charge in [-0.05, 0) is 31.0 Å². The molecule has 2 heterocycles. The van der Waals surface area contributed by atoms with E-state index in [1.54, 1.807) is 0 Å². The molecular weight excluding hydrogens is 484 g/mol. The van der Waals surface area contributed by atoms with Gasteiger partial charge in [0, 0.05) is 49.0 Å². The topological polar surface area (TPSA) is 9.86 Å². The van der Waals surface area contributed by atoms with Crippen LogP contribution < -0.4 is 0 Å². The predicted molar refractivity (Wildman–Crippen MR) is 170 cm³/mol. The summed E-state index contributed by atoms with van der Waals surface area (Å²) in [4.78, 5) is 0. The average Bonchev–Trinajstić information content (AvgIpc) is 3.53. The van der Waals surface area contributed by atoms with Crippen molar-refractivity contribution in [2.24, 2.45) is 0 Å². The van der Waals surface area contributed by atoms with Crippen molar-refractivity contribution >= 4 is 60.3 Å². The average molecular weight is 511 g/mol. The molecule has 1 aliphatic carbocycles. The summed E-state index contributed by atoms with van der Waals surface area (Å²) >= 11 is 0. The third kappa shape index (κ3) is 2.83. The fraction of sp³-hybridized carbons (Fsp3) is 0.0526. The number of benzene rings is 6. The van der Waals surface area contributed by atoms with Gasteiger partial charge in [0.2, 0.25) is 0 Å². The molecular formula is C38H26N2. The summed E-state index contributed by atoms with van der Waals surface area (Å²) in [6.45, 7) is 0. The Bertz CT molecular complexity index is 2220. The van der Waals surface area contributed by atoms with Crippen molar-refractivity contribution in [3.8, 4) is 11.4 Å². The number of hydrogen-bond donors (Lipinski definition) is 0. The standard InChI is InChI=1S/C38H26N2/c1-2-18-30-29(17-1)37(39-33-21-9-5-13-25(33)26-14-6-10-22-34(26)39)31-19-3-4-20-32(31)38(30)40-35-23-11-7-15-27(35)28-16-8-12-24-36(28)40/h1-11,13-23H,12,24H2. The summed E-state index contributed by atoms with van der Waals surface area (Å²) < 4.78 is 5.06. The summed E-state index contributed by atoms with van der Waals surface area (Å²) in [5.41, 5.74) is 9.05. The Balaban J connectivity index is 1.52. The third-order valence-corrected chi connectivity index (χ3v) is 8.75. The van der Waals surface area contributed by atoms with E-state index in [9.17, 15) is 0 Å². The van der Waals surface area contributed by atoms with Crippen LogP contribution in [0.25, 0.3) is 71.7 Å². The Morgan fingerprint density at radius 3 is 1.32 bits per heavy atom. The highest BCUT2D eigenvalue weighted by Gasteiger charge is 2.24. The normalized spacial score (nSPS) is 13.2. The summed E-state index contributed by atoms with van der Waals surface area (Å²) in [6.07, 6.45) is 6.76. The largest absolute Gasteiger partial charge is 0.312 e. The highest BCUT2D eigenvalue weighted by molar-refractivity contribution is 6.18. The lowest BCUT2D eigenvalue weighted by Gasteiger charge is -2.22. The Morgan fingerprint density at radius 2 is 0.800 bits per heavy atom. The molecule has 6 aromatic carbocycles. The number of fused-ring (bicyclic) bond motifs is 8. The van der Waals surface area contributed by atoms with E-state index in [1.807, 2.05) is 0 Å². The monoisotopic (exact) mass is 510 g/mol. The SMILES string of the molecule is C1=Cc2c(n(-c3c4ccccc4c(-n4c5ccccc5c5ccccc54)c4ccccc34)c3ccccc23)CC1. The van der Waals surface area contributed by atoms with Gasteiger partial charge in [-0.25, -0.2) is 0 Å². The minimum atomic E-state index is 1.04. The molecule has 188 valence electrons. The lowest BCUT2D eigenvalue weighted by Crippen LogP contribution is -2.06. The Labute approximate surface area is 232 Å². The van der Waals surface area contributed by atoms with Gasteiger partial charge < -0.3 is 9.13 Å². The van der Waals surface area contributed by atoms with Gasteiger partial charge in [-0.15, -0.1) is 0 Å². The highest BCUT2D eigenvalue weighted by atomic mass is 15.0. The second-order valence-corrected chi connectivity index (χ2v) is 10.8. The number of nitrogens with zero attached hydrogens (tertiary/aromatic N) is 2. The molecule has 0 unspecified atom stereocenters. The molecule has 0 N–H and O–H groups in total. The van der Waals surface area contributed by atoms with Gasteiger partial charge in [0.25, 0.3) is 0 Å². The van der Waals surface area contributed by atoms with Crippen LogP contribution in [0.2, 0.25) is 0 Å². The van der Waals surface area contributed by atoms with Crippen LogP contribution >= 0.6 is 0 Å². The van der Waals surface area contributed by atoms with E-state index in [0.717, 1.165) is 12.8 Å². The van der Waals surface area contributed by atoms with Crippen LogP contribution in [0.5, 0.6) is 0 Å². The van der Waals surface area contributed by atoms with Crippen LogP contribution in [0, 0.1) is 0 Å². The molecule has 2 nitrogen and oxygen atoms in total. The Kier molecular flexibility index (Phi) is 4.48. The summed E-state index contributed by atoms with van der Waals surface area (Å²) in [5.74, 6) is 0. The third-order valence-electron chi connectivity index (χ3n) is 8.75. The molecule has 8 aromatic rings. The quantitative estimate of drug-likeness (QED) is 0.205. The van der Waals surface area contributed by atoms with Crippen LogP contribution in [-0.2, 0) is 6.42 Å². The van der Waals surface area contributed by atoms with E-state index in [-0.39, 0.29) is 0 Å². The molecule has 2 aromatic heterocycles. The molecule has 0 spiro atoms. The zero-order valence-corrected chi connectivity index (χ0v) is 22.0. The number of rotatable bonds is 2. The van der Waals surface area contributed by atoms with Gasteiger partial charge in [0.05, 0.1) is 27.9 Å². The van der Waals surface area contributed by atoms with Crippen LogP contribution in [-0.4, -0.2) is 9.13 Å². The number of hydrogen-bond acceptors (Lipinski definition) is 0. The van der Waals surface area contributed by atoms with Gasteiger partial charge in [-0.3, -0.25) is 0 Å². The number of aromatic nitrogens is 2. The zero-order chi connectivity index (χ0) is 26.2. The molecule has 9 rings (SSSR count). The van der Waals surface area contributed by atoms with Crippen LogP contribution in [0.1, 0.15) is 17.7 Å². The molecule has 0 saturated heterocycles. The van der Waals surface area contributed by atoms with E-state index < -0.39 is 0 Å². The van der Waals surface area contributed by atoms with E-state index in [2.05, 4.69) is 143 Å². The molecule has 0 fully saturated rings. The summed E-state index contributed by atoms with van der Waals surface area (Å²) in [5, 5.41) is 8.97. The van der Waals surface area contributed by atoms with Gasteiger partial charge in [-0.2, -0.15) is 0 Å². The van der Waals surface area contributed by atoms with Crippen molar-refractivity contribution in [2.75, 3.05) is 0 Å². The summed E-state index contributed by atoms with van der Waals surface area (Å²) in [6, 6.07) is 44.5. The molecule has 0 aliphatic heterocycles. The van der Waals surface area contributed by atoms with Crippen molar-refractivity contribution in [1.82, 2.24) is 9.13 Å². The maximum Gasteiger partial charge on any atom is 0.0620 e. The summed E-state index contributed by atoms with van der Waals surface area (Å²) in [7, 11) is 0. The van der Waals surface area contributed by atoms with Crippen molar-refractivity contribution in [1.29, 1.82) is 0 Å². The second kappa shape index (κ2) is 8.21. The molecule has 0 amide bonds. The van der Waals surface area contributed by atoms with E-state index in [1.165, 1.54) is 76.9 Å². The lowest BCUT2D eigenvalue weighted by atomic mass is 9.97. The predicted octanol–water partition coefficient (Wildman–Crippen LogP) is 9.99. The molecule has 0 saturated carbocycles. The first kappa shape index (κ1) is 21.8. The lowest BCUT2D eigenvalue weighted by molar-refractivity contribution is 0.894. The maximum absolute atomic E-state index is 2.56. The van der Waals surface area contributed by atoms with E-state index in [4.69, 9.17) is 0 Å². The molecule has 1 aliphatic rings.